The van der Waals surface area contributed by atoms with E-state index >= 15 is 0 Å². The highest BCUT2D eigenvalue weighted by Crippen LogP contribution is 2.37. The summed E-state index contributed by atoms with van der Waals surface area (Å²) < 4.78 is 0. The normalized spacial score (nSPS) is 10.1. The van der Waals surface area contributed by atoms with Crippen molar-refractivity contribution in [2.24, 2.45) is 0 Å². The van der Waals surface area contributed by atoms with Crippen molar-refractivity contribution in [3.63, 3.8) is 0 Å². The molecule has 1 heterocycles. The van der Waals surface area contributed by atoms with Crippen molar-refractivity contribution in [3.8, 4) is 17.5 Å². The number of benzene rings is 1. The van der Waals surface area contributed by atoms with Gasteiger partial charge >= 0.3 is 0 Å². The number of hydrogen-bond acceptors (Lipinski definition) is 3. The van der Waals surface area contributed by atoms with Crippen LogP contribution < -0.4 is 0 Å². The molecule has 1 aromatic carbocycles. The maximum absolute atomic E-state index is 8.57. The predicted octanol–water partition coefficient (Wildman–Crippen LogP) is 4.17. The number of hydrogen-bond donors (Lipinski definition) is 0. The van der Waals surface area contributed by atoms with E-state index in [4.69, 9.17) is 40.1 Å². The minimum absolute atomic E-state index is 0.261. The van der Waals surface area contributed by atoms with E-state index in [-0.39, 0.29) is 6.42 Å². The first kappa shape index (κ1) is 13.1. The monoisotopic (exact) mass is 297 g/mol. The van der Waals surface area contributed by atoms with Crippen molar-refractivity contribution in [2.45, 2.75) is 6.42 Å². The summed E-state index contributed by atoms with van der Waals surface area (Å²) >= 11 is 18.1. The fraction of sp³-hybridized carbons (Fsp3) is 0.0833. The second-order valence-corrected chi connectivity index (χ2v) is 4.66. The van der Waals surface area contributed by atoms with Crippen LogP contribution in [-0.2, 0) is 6.42 Å². The van der Waals surface area contributed by atoms with Crippen LogP contribution in [0, 0.1) is 11.3 Å². The molecule has 0 aliphatic carbocycles. The van der Waals surface area contributed by atoms with Crippen LogP contribution in [-0.4, -0.2) is 9.97 Å². The van der Waals surface area contributed by atoms with Crippen LogP contribution >= 0.6 is 34.8 Å². The molecule has 0 saturated heterocycles. The van der Waals surface area contributed by atoms with Gasteiger partial charge in [-0.2, -0.15) is 5.26 Å². The number of nitriles is 1. The zero-order valence-electron chi connectivity index (χ0n) is 8.99. The van der Waals surface area contributed by atoms with Gasteiger partial charge < -0.3 is 0 Å². The van der Waals surface area contributed by atoms with Crippen molar-refractivity contribution < 1.29 is 0 Å². The Labute approximate surface area is 119 Å². The maximum atomic E-state index is 8.57. The Morgan fingerprint density at radius 1 is 1.06 bits per heavy atom. The SMILES string of the molecule is N#CCc1cnc(-c2c(Cl)ccc(Cl)c2Cl)nc1. The Morgan fingerprint density at radius 2 is 1.67 bits per heavy atom. The van der Waals surface area contributed by atoms with E-state index in [0.29, 0.717) is 26.5 Å². The lowest BCUT2D eigenvalue weighted by Crippen LogP contribution is -1.93. The van der Waals surface area contributed by atoms with E-state index in [2.05, 4.69) is 9.97 Å². The summed E-state index contributed by atoms with van der Waals surface area (Å²) in [5.74, 6) is 0.384. The van der Waals surface area contributed by atoms with Crippen LogP contribution in [0.4, 0.5) is 0 Å². The molecule has 0 atom stereocenters. The fourth-order valence-corrected chi connectivity index (χ4v) is 2.10. The van der Waals surface area contributed by atoms with E-state index in [0.717, 1.165) is 5.56 Å². The quantitative estimate of drug-likeness (QED) is 0.782. The third-order valence-corrected chi connectivity index (χ3v) is 3.38. The zero-order valence-corrected chi connectivity index (χ0v) is 11.3. The highest BCUT2D eigenvalue weighted by molar-refractivity contribution is 6.45. The van der Waals surface area contributed by atoms with Gasteiger partial charge in [-0.25, -0.2) is 9.97 Å². The van der Waals surface area contributed by atoms with Crippen molar-refractivity contribution in [1.82, 2.24) is 9.97 Å². The van der Waals surface area contributed by atoms with Gasteiger partial charge in [-0.1, -0.05) is 34.8 Å². The van der Waals surface area contributed by atoms with E-state index in [1.54, 1.807) is 24.5 Å². The topological polar surface area (TPSA) is 49.6 Å². The third-order valence-electron chi connectivity index (χ3n) is 2.26. The maximum Gasteiger partial charge on any atom is 0.162 e. The highest BCUT2D eigenvalue weighted by Gasteiger charge is 2.14. The van der Waals surface area contributed by atoms with Gasteiger partial charge in [-0.05, 0) is 12.1 Å². The smallest absolute Gasteiger partial charge is 0.162 e. The molecule has 0 unspecified atom stereocenters. The van der Waals surface area contributed by atoms with Crippen molar-refractivity contribution in [2.75, 3.05) is 0 Å². The molecular formula is C12H6Cl3N3. The first-order valence-electron chi connectivity index (χ1n) is 4.95. The minimum Gasteiger partial charge on any atom is -0.236 e. The molecule has 0 saturated carbocycles. The predicted molar refractivity (Wildman–Crippen MR) is 71.8 cm³/mol. The van der Waals surface area contributed by atoms with Crippen LogP contribution in [0.15, 0.2) is 24.5 Å². The Kier molecular flexibility index (Phi) is 4.03. The summed E-state index contributed by atoms with van der Waals surface area (Å²) in [4.78, 5) is 8.28. The molecule has 0 N–H and O–H groups in total. The Hall–Kier alpha value is -1.34. The van der Waals surface area contributed by atoms with Gasteiger partial charge in [0.2, 0.25) is 0 Å². The van der Waals surface area contributed by atoms with Crippen LogP contribution in [0.1, 0.15) is 5.56 Å². The average Bonchev–Trinajstić information content (AvgIpc) is 2.37. The number of aromatic nitrogens is 2. The van der Waals surface area contributed by atoms with E-state index in [1.807, 2.05) is 6.07 Å². The van der Waals surface area contributed by atoms with Gasteiger partial charge in [0.1, 0.15) is 0 Å². The first-order valence-corrected chi connectivity index (χ1v) is 6.08. The fourth-order valence-electron chi connectivity index (χ4n) is 1.40. The lowest BCUT2D eigenvalue weighted by molar-refractivity contribution is 1.10. The lowest BCUT2D eigenvalue weighted by Gasteiger charge is -2.07. The summed E-state index contributed by atoms with van der Waals surface area (Å²) in [6, 6.07) is 5.27. The van der Waals surface area contributed by atoms with Crippen LogP contribution in [0.2, 0.25) is 15.1 Å². The molecule has 0 aliphatic heterocycles. The molecule has 1 aromatic heterocycles. The second kappa shape index (κ2) is 5.53. The van der Waals surface area contributed by atoms with E-state index in [1.165, 1.54) is 0 Å². The number of rotatable bonds is 2. The van der Waals surface area contributed by atoms with Gasteiger partial charge in [0, 0.05) is 18.0 Å². The third kappa shape index (κ3) is 2.56. The minimum atomic E-state index is 0.261. The van der Waals surface area contributed by atoms with Crippen LogP contribution in [0.3, 0.4) is 0 Å². The van der Waals surface area contributed by atoms with E-state index < -0.39 is 0 Å². The summed E-state index contributed by atoms with van der Waals surface area (Å²) in [5.41, 5.74) is 1.23. The summed E-state index contributed by atoms with van der Waals surface area (Å²) in [5, 5.41) is 9.70. The van der Waals surface area contributed by atoms with Crippen molar-refractivity contribution >= 4 is 34.8 Å². The Morgan fingerprint density at radius 3 is 2.28 bits per heavy atom. The Bertz CT molecular complexity index is 618. The van der Waals surface area contributed by atoms with Crippen LogP contribution in [0.25, 0.3) is 11.4 Å². The summed E-state index contributed by atoms with van der Waals surface area (Å²) in [6.07, 6.45) is 3.40. The zero-order chi connectivity index (χ0) is 13.1. The van der Waals surface area contributed by atoms with Crippen molar-refractivity contribution in [1.29, 1.82) is 5.26 Å². The molecule has 0 aliphatic rings. The molecule has 6 heteroatoms. The molecule has 0 spiro atoms. The molecule has 0 bridgehead atoms. The molecule has 0 fully saturated rings. The van der Waals surface area contributed by atoms with Crippen molar-refractivity contribution in [3.05, 3.63) is 45.2 Å². The summed E-state index contributed by atoms with van der Waals surface area (Å²) in [7, 11) is 0. The lowest BCUT2D eigenvalue weighted by atomic mass is 10.2. The molecule has 18 heavy (non-hydrogen) atoms. The number of halogens is 3. The van der Waals surface area contributed by atoms with E-state index in [9.17, 15) is 0 Å². The van der Waals surface area contributed by atoms with Crippen LogP contribution in [0.5, 0.6) is 0 Å². The molecule has 3 nitrogen and oxygen atoms in total. The molecule has 0 amide bonds. The first-order chi connectivity index (χ1) is 8.63. The number of nitrogens with zero attached hydrogens (tertiary/aromatic N) is 3. The van der Waals surface area contributed by atoms with Gasteiger partial charge in [0.25, 0.3) is 0 Å². The standard InChI is InChI=1S/C12H6Cl3N3/c13-8-1-2-9(14)11(15)10(8)12-17-5-7(3-4-16)6-18-12/h1-2,5-6H,3H2. The molecular weight excluding hydrogens is 293 g/mol. The molecule has 0 radical (unpaired) electrons. The van der Waals surface area contributed by atoms with Gasteiger partial charge in [0.15, 0.2) is 5.82 Å². The molecule has 2 aromatic rings. The molecule has 2 rings (SSSR count). The van der Waals surface area contributed by atoms with Gasteiger partial charge in [-0.3, -0.25) is 0 Å². The highest BCUT2D eigenvalue weighted by atomic mass is 35.5. The average molecular weight is 299 g/mol. The second-order valence-electron chi connectivity index (χ2n) is 3.47. The largest absolute Gasteiger partial charge is 0.236 e. The summed E-state index contributed by atoms with van der Waals surface area (Å²) in [6.45, 7) is 0. The molecule has 90 valence electrons. The van der Waals surface area contributed by atoms with Gasteiger partial charge in [-0.15, -0.1) is 0 Å². The Balaban J connectivity index is 2.49. The van der Waals surface area contributed by atoms with Gasteiger partial charge in [0.05, 0.1) is 33.1 Å².